The molecule has 0 aromatic heterocycles. The van der Waals surface area contributed by atoms with Gasteiger partial charge in [-0.2, -0.15) is 0 Å². The quantitative estimate of drug-likeness (QED) is 0.613. The zero-order valence-electron chi connectivity index (χ0n) is 8.71. The van der Waals surface area contributed by atoms with Crippen LogP contribution in [-0.4, -0.2) is 12.5 Å². The van der Waals surface area contributed by atoms with E-state index in [9.17, 15) is 4.79 Å². The van der Waals surface area contributed by atoms with Crippen LogP contribution in [0.25, 0.3) is 0 Å². The van der Waals surface area contributed by atoms with Crippen LogP contribution >= 0.6 is 0 Å². The molecule has 14 heavy (non-hydrogen) atoms. The number of aryl methyl sites for hydroxylation is 2. The van der Waals surface area contributed by atoms with Gasteiger partial charge in [-0.1, -0.05) is 12.1 Å². The Labute approximate surface area is 84.5 Å². The summed E-state index contributed by atoms with van der Waals surface area (Å²) in [4.78, 5) is 13.3. The van der Waals surface area contributed by atoms with Crippen molar-refractivity contribution in [2.75, 3.05) is 11.4 Å². The van der Waals surface area contributed by atoms with Crippen molar-refractivity contribution in [3.8, 4) is 0 Å². The largest absolute Gasteiger partial charge is 0.312 e. The summed E-state index contributed by atoms with van der Waals surface area (Å²) in [6.45, 7) is 4.57. The number of amides is 1. The van der Waals surface area contributed by atoms with E-state index in [2.05, 4.69) is 25.1 Å². The number of benzene rings is 1. The second kappa shape index (κ2) is 3.45. The van der Waals surface area contributed by atoms with E-state index >= 15 is 0 Å². The highest BCUT2D eigenvalue weighted by Crippen LogP contribution is 2.27. The molecule has 1 aromatic rings. The summed E-state index contributed by atoms with van der Waals surface area (Å²) in [6.07, 6.45) is 2.18. The maximum Gasteiger partial charge on any atom is 0.223 e. The Morgan fingerprint density at radius 3 is 2.93 bits per heavy atom. The van der Waals surface area contributed by atoms with Crippen molar-refractivity contribution in [2.24, 2.45) is 0 Å². The molecule has 1 aliphatic heterocycles. The van der Waals surface area contributed by atoms with Gasteiger partial charge in [0.05, 0.1) is 0 Å². The van der Waals surface area contributed by atoms with Crippen molar-refractivity contribution in [3.05, 3.63) is 29.3 Å². The average molecular weight is 189 g/mol. The molecule has 1 aromatic carbocycles. The Morgan fingerprint density at radius 2 is 2.21 bits per heavy atom. The van der Waals surface area contributed by atoms with Crippen molar-refractivity contribution in [1.82, 2.24) is 0 Å². The maximum absolute atomic E-state index is 11.4. The second-order valence-electron chi connectivity index (χ2n) is 3.91. The smallest absolute Gasteiger partial charge is 0.223 e. The van der Waals surface area contributed by atoms with Crippen molar-refractivity contribution < 1.29 is 4.79 Å². The molecule has 0 aliphatic carbocycles. The maximum atomic E-state index is 11.4. The van der Waals surface area contributed by atoms with Gasteiger partial charge in [-0.25, -0.2) is 0 Å². The summed E-state index contributed by atoms with van der Waals surface area (Å²) in [5.74, 6) is 0.150. The Balaban J connectivity index is 2.46. The van der Waals surface area contributed by atoms with Crippen LogP contribution in [0, 0.1) is 6.92 Å². The van der Waals surface area contributed by atoms with E-state index in [1.165, 1.54) is 11.1 Å². The van der Waals surface area contributed by atoms with Gasteiger partial charge in [0, 0.05) is 19.2 Å². The van der Waals surface area contributed by atoms with Crippen LogP contribution in [0.2, 0.25) is 0 Å². The van der Waals surface area contributed by atoms with E-state index in [0.717, 1.165) is 25.1 Å². The molecule has 1 amide bonds. The summed E-state index contributed by atoms with van der Waals surface area (Å²) < 4.78 is 0. The highest BCUT2D eigenvalue weighted by atomic mass is 16.2. The number of carbonyl (C=O) groups excluding carboxylic acids is 1. The predicted molar refractivity (Wildman–Crippen MR) is 57.5 cm³/mol. The molecule has 0 bridgehead atoms. The molecule has 2 heteroatoms. The van der Waals surface area contributed by atoms with Crippen LogP contribution in [0.5, 0.6) is 0 Å². The lowest BCUT2D eigenvalue weighted by molar-refractivity contribution is -0.116. The minimum Gasteiger partial charge on any atom is -0.312 e. The van der Waals surface area contributed by atoms with Gasteiger partial charge in [0.2, 0.25) is 5.91 Å². The lowest BCUT2D eigenvalue weighted by Crippen LogP contribution is -2.33. The minimum atomic E-state index is 0.150. The fourth-order valence-electron chi connectivity index (χ4n) is 2.01. The predicted octanol–water partition coefficient (Wildman–Crippen LogP) is 2.29. The number of hydrogen-bond donors (Lipinski definition) is 0. The molecule has 1 heterocycles. The molecule has 0 N–H and O–H groups in total. The molecular weight excluding hydrogens is 174 g/mol. The van der Waals surface area contributed by atoms with Gasteiger partial charge < -0.3 is 4.90 Å². The van der Waals surface area contributed by atoms with Gasteiger partial charge in [0.1, 0.15) is 0 Å². The first kappa shape index (κ1) is 9.25. The number of fused-ring (bicyclic) bond motifs is 1. The van der Waals surface area contributed by atoms with Gasteiger partial charge in [-0.15, -0.1) is 0 Å². The van der Waals surface area contributed by atoms with E-state index in [0.29, 0.717) is 0 Å². The summed E-state index contributed by atoms with van der Waals surface area (Å²) in [5, 5.41) is 0. The van der Waals surface area contributed by atoms with Crippen LogP contribution in [0.1, 0.15) is 24.5 Å². The summed E-state index contributed by atoms with van der Waals surface area (Å²) in [5.41, 5.74) is 3.64. The lowest BCUT2D eigenvalue weighted by Gasteiger charge is -2.28. The van der Waals surface area contributed by atoms with E-state index < -0.39 is 0 Å². The molecule has 1 aliphatic rings. The van der Waals surface area contributed by atoms with Crippen LogP contribution in [-0.2, 0) is 11.2 Å². The molecule has 0 radical (unpaired) electrons. The topological polar surface area (TPSA) is 20.3 Å². The molecule has 0 saturated carbocycles. The van der Waals surface area contributed by atoms with Crippen LogP contribution in [0.3, 0.4) is 0 Å². The van der Waals surface area contributed by atoms with Crippen LogP contribution < -0.4 is 4.90 Å². The van der Waals surface area contributed by atoms with Crippen molar-refractivity contribution in [1.29, 1.82) is 0 Å². The van der Waals surface area contributed by atoms with Gasteiger partial charge >= 0.3 is 0 Å². The molecule has 0 atom stereocenters. The summed E-state index contributed by atoms with van der Waals surface area (Å²) >= 11 is 0. The minimum absolute atomic E-state index is 0.150. The molecular formula is C12H15NO. The molecule has 2 rings (SSSR count). The SMILES string of the molecule is CC(=O)N1CCCc2ccc(C)cc21. The Bertz CT molecular complexity index is 371. The third-order valence-electron chi connectivity index (χ3n) is 2.74. The van der Waals surface area contributed by atoms with Crippen molar-refractivity contribution in [2.45, 2.75) is 26.7 Å². The third kappa shape index (κ3) is 1.52. The molecule has 0 fully saturated rings. The third-order valence-corrected chi connectivity index (χ3v) is 2.74. The molecule has 74 valence electrons. The molecule has 0 unspecified atom stereocenters. The first-order valence-electron chi connectivity index (χ1n) is 5.06. The van der Waals surface area contributed by atoms with Gasteiger partial charge in [-0.3, -0.25) is 4.79 Å². The lowest BCUT2D eigenvalue weighted by atomic mass is 10.00. The highest BCUT2D eigenvalue weighted by molar-refractivity contribution is 5.92. The monoisotopic (exact) mass is 189 g/mol. The number of hydrogen-bond acceptors (Lipinski definition) is 1. The van der Waals surface area contributed by atoms with Crippen molar-refractivity contribution in [3.63, 3.8) is 0 Å². The first-order valence-corrected chi connectivity index (χ1v) is 5.06. The van der Waals surface area contributed by atoms with E-state index in [1.54, 1.807) is 6.92 Å². The van der Waals surface area contributed by atoms with E-state index in [4.69, 9.17) is 0 Å². The molecule has 2 nitrogen and oxygen atoms in total. The number of anilines is 1. The summed E-state index contributed by atoms with van der Waals surface area (Å²) in [6, 6.07) is 6.36. The second-order valence-corrected chi connectivity index (χ2v) is 3.91. The molecule has 0 spiro atoms. The van der Waals surface area contributed by atoms with Crippen LogP contribution in [0.4, 0.5) is 5.69 Å². The Morgan fingerprint density at radius 1 is 1.43 bits per heavy atom. The fourth-order valence-corrected chi connectivity index (χ4v) is 2.01. The zero-order valence-corrected chi connectivity index (χ0v) is 8.71. The first-order chi connectivity index (χ1) is 6.68. The van der Waals surface area contributed by atoms with E-state index in [1.807, 2.05) is 4.90 Å². The Kier molecular flexibility index (Phi) is 2.28. The number of rotatable bonds is 0. The van der Waals surface area contributed by atoms with Gasteiger partial charge in [-0.05, 0) is 37.0 Å². The zero-order chi connectivity index (χ0) is 10.1. The van der Waals surface area contributed by atoms with Crippen molar-refractivity contribution >= 4 is 11.6 Å². The Hall–Kier alpha value is -1.31. The fraction of sp³-hybridized carbons (Fsp3) is 0.417. The summed E-state index contributed by atoms with van der Waals surface area (Å²) in [7, 11) is 0. The molecule has 0 saturated heterocycles. The van der Waals surface area contributed by atoms with Crippen LogP contribution in [0.15, 0.2) is 18.2 Å². The average Bonchev–Trinajstić information content (AvgIpc) is 2.16. The number of carbonyl (C=O) groups is 1. The standard InChI is InChI=1S/C12H15NO/c1-9-5-6-11-4-3-7-13(10(2)14)12(11)8-9/h5-6,8H,3-4,7H2,1-2H3. The number of nitrogens with zero attached hydrogens (tertiary/aromatic N) is 1. The normalized spacial score (nSPS) is 15.1. The van der Waals surface area contributed by atoms with Gasteiger partial charge in [0.25, 0.3) is 0 Å². The van der Waals surface area contributed by atoms with Gasteiger partial charge in [0.15, 0.2) is 0 Å². The van der Waals surface area contributed by atoms with E-state index in [-0.39, 0.29) is 5.91 Å². The highest BCUT2D eigenvalue weighted by Gasteiger charge is 2.19.